The van der Waals surface area contributed by atoms with Crippen LogP contribution in [0.2, 0.25) is 0 Å². The summed E-state index contributed by atoms with van der Waals surface area (Å²) in [6.45, 7) is 12.7. The lowest BCUT2D eigenvalue weighted by Gasteiger charge is -2.33. The standard InChI is InChI=1S/C29H32F3N7/c1-5-38-8-10-39(11-9-38)17-19-6-7-25(33-15-19)36-28-34-16-24(31)26(37-28)20-13-21-22(29(3,4)32)12-18(2)35-27(21)23(30)14-20/h6-7,12-16H,5,8-11,17H2,1-4H3,(H,33,34,36,37). The minimum Gasteiger partial charge on any atom is -0.309 e. The second-order valence-corrected chi connectivity index (χ2v) is 10.4. The zero-order valence-electron chi connectivity index (χ0n) is 22.6. The predicted octanol–water partition coefficient (Wildman–Crippen LogP) is 5.76. The van der Waals surface area contributed by atoms with Gasteiger partial charge in [-0.15, -0.1) is 0 Å². The smallest absolute Gasteiger partial charge is 0.229 e. The largest absolute Gasteiger partial charge is 0.309 e. The number of alkyl halides is 1. The molecule has 5 rings (SSSR count). The van der Waals surface area contributed by atoms with Crippen LogP contribution in [0.15, 0.2) is 42.7 Å². The Morgan fingerprint density at radius 2 is 1.67 bits per heavy atom. The molecule has 0 radical (unpaired) electrons. The molecule has 1 aliphatic rings. The maximum absolute atomic E-state index is 15.1. The number of aromatic nitrogens is 4. The molecule has 0 atom stereocenters. The molecule has 0 amide bonds. The first-order valence-electron chi connectivity index (χ1n) is 13.1. The Balaban J connectivity index is 1.38. The number of hydrogen-bond donors (Lipinski definition) is 1. The van der Waals surface area contributed by atoms with E-state index < -0.39 is 17.3 Å². The van der Waals surface area contributed by atoms with E-state index in [0.29, 0.717) is 11.5 Å². The van der Waals surface area contributed by atoms with Gasteiger partial charge in [-0.05, 0) is 62.7 Å². The maximum Gasteiger partial charge on any atom is 0.229 e. The molecule has 0 unspecified atom stereocenters. The molecule has 7 nitrogen and oxygen atoms in total. The Kier molecular flexibility index (Phi) is 7.51. The molecular formula is C29H32F3N7. The van der Waals surface area contributed by atoms with Gasteiger partial charge >= 0.3 is 0 Å². The molecule has 0 saturated carbocycles. The van der Waals surface area contributed by atoms with Crippen LogP contribution in [0.25, 0.3) is 22.2 Å². The number of anilines is 2. The molecule has 1 N–H and O–H groups in total. The number of hydrogen-bond acceptors (Lipinski definition) is 7. The van der Waals surface area contributed by atoms with Crippen molar-refractivity contribution in [3.8, 4) is 11.3 Å². The first-order chi connectivity index (χ1) is 18.6. The SMILES string of the molecule is CCN1CCN(Cc2ccc(Nc3ncc(F)c(-c4cc(F)c5nc(C)cc(C(C)(C)F)c5c4)n3)nc2)CC1. The molecule has 1 aliphatic heterocycles. The van der Waals surface area contributed by atoms with Crippen LogP contribution in [0.4, 0.5) is 24.9 Å². The third-order valence-corrected chi connectivity index (χ3v) is 7.04. The van der Waals surface area contributed by atoms with E-state index in [1.807, 2.05) is 12.1 Å². The zero-order valence-corrected chi connectivity index (χ0v) is 22.6. The molecule has 3 aromatic heterocycles. The average molecular weight is 536 g/mol. The third-order valence-electron chi connectivity index (χ3n) is 7.04. The monoisotopic (exact) mass is 535 g/mol. The van der Waals surface area contributed by atoms with Crippen LogP contribution >= 0.6 is 0 Å². The molecule has 204 valence electrons. The van der Waals surface area contributed by atoms with E-state index in [-0.39, 0.29) is 33.7 Å². The van der Waals surface area contributed by atoms with Crippen LogP contribution in [0, 0.1) is 18.6 Å². The summed E-state index contributed by atoms with van der Waals surface area (Å²) >= 11 is 0. The number of halogens is 3. The Hall–Kier alpha value is -3.63. The van der Waals surface area contributed by atoms with Crippen molar-refractivity contribution in [1.29, 1.82) is 0 Å². The molecule has 39 heavy (non-hydrogen) atoms. The first kappa shape index (κ1) is 27.0. The highest BCUT2D eigenvalue weighted by molar-refractivity contribution is 5.88. The van der Waals surface area contributed by atoms with Crippen molar-refractivity contribution in [3.63, 3.8) is 0 Å². The Morgan fingerprint density at radius 3 is 2.33 bits per heavy atom. The fraction of sp³-hybridized carbons (Fsp3) is 0.379. The van der Waals surface area contributed by atoms with Gasteiger partial charge < -0.3 is 10.2 Å². The van der Waals surface area contributed by atoms with Gasteiger partial charge in [-0.3, -0.25) is 9.88 Å². The summed E-state index contributed by atoms with van der Waals surface area (Å²) in [4.78, 5) is 21.9. The van der Waals surface area contributed by atoms with Gasteiger partial charge in [0.25, 0.3) is 0 Å². The van der Waals surface area contributed by atoms with E-state index in [2.05, 4.69) is 42.0 Å². The molecule has 0 spiro atoms. The molecular weight excluding hydrogens is 503 g/mol. The minimum atomic E-state index is -1.75. The number of likely N-dealkylation sites (N-methyl/N-ethyl adjacent to an activating group) is 1. The van der Waals surface area contributed by atoms with Gasteiger partial charge in [0, 0.05) is 55.6 Å². The molecule has 1 aromatic carbocycles. The molecule has 10 heteroatoms. The van der Waals surface area contributed by atoms with E-state index in [9.17, 15) is 4.39 Å². The number of pyridine rings is 2. The minimum absolute atomic E-state index is 0.0313. The van der Waals surface area contributed by atoms with Gasteiger partial charge in [0.15, 0.2) is 5.82 Å². The van der Waals surface area contributed by atoms with Crippen molar-refractivity contribution in [1.82, 2.24) is 29.7 Å². The Morgan fingerprint density at radius 1 is 0.923 bits per heavy atom. The number of benzene rings is 1. The van der Waals surface area contributed by atoms with Crippen LogP contribution in [-0.2, 0) is 12.2 Å². The molecule has 0 aliphatic carbocycles. The summed E-state index contributed by atoms with van der Waals surface area (Å²) in [6, 6.07) is 8.06. The molecule has 4 aromatic rings. The highest BCUT2D eigenvalue weighted by atomic mass is 19.1. The molecule has 1 fully saturated rings. The summed E-state index contributed by atoms with van der Waals surface area (Å²) in [5.74, 6) is -0.807. The van der Waals surface area contributed by atoms with Gasteiger partial charge in [-0.2, -0.15) is 0 Å². The zero-order chi connectivity index (χ0) is 27.7. The van der Waals surface area contributed by atoms with E-state index in [4.69, 9.17) is 0 Å². The number of fused-ring (bicyclic) bond motifs is 1. The quantitative estimate of drug-likeness (QED) is 0.323. The van der Waals surface area contributed by atoms with Crippen molar-refractivity contribution < 1.29 is 13.2 Å². The van der Waals surface area contributed by atoms with Crippen molar-refractivity contribution in [2.24, 2.45) is 0 Å². The van der Waals surface area contributed by atoms with E-state index >= 15 is 8.78 Å². The number of aryl methyl sites for hydroxylation is 1. The lowest BCUT2D eigenvalue weighted by Crippen LogP contribution is -2.45. The summed E-state index contributed by atoms with van der Waals surface area (Å²) in [6.07, 6.45) is 2.82. The fourth-order valence-electron chi connectivity index (χ4n) is 4.90. The fourth-order valence-corrected chi connectivity index (χ4v) is 4.90. The number of rotatable bonds is 7. The van der Waals surface area contributed by atoms with Gasteiger partial charge in [0.05, 0.1) is 6.20 Å². The number of nitrogens with zero attached hydrogens (tertiary/aromatic N) is 6. The second kappa shape index (κ2) is 10.9. The highest BCUT2D eigenvalue weighted by Gasteiger charge is 2.25. The molecule has 4 heterocycles. The van der Waals surface area contributed by atoms with Crippen molar-refractivity contribution in [2.45, 2.75) is 39.9 Å². The lowest BCUT2D eigenvalue weighted by atomic mass is 9.93. The number of piperazine rings is 1. The summed E-state index contributed by atoms with van der Waals surface area (Å²) in [7, 11) is 0. The number of nitrogens with one attached hydrogen (secondary N) is 1. The van der Waals surface area contributed by atoms with Crippen LogP contribution in [0.3, 0.4) is 0 Å². The van der Waals surface area contributed by atoms with Crippen LogP contribution in [-0.4, -0.2) is 62.5 Å². The third kappa shape index (κ3) is 6.02. The normalized spacial score (nSPS) is 15.2. The Bertz CT molecular complexity index is 1480. The predicted molar refractivity (Wildman–Crippen MR) is 146 cm³/mol. The second-order valence-electron chi connectivity index (χ2n) is 10.4. The van der Waals surface area contributed by atoms with Crippen molar-refractivity contribution >= 4 is 22.7 Å². The van der Waals surface area contributed by atoms with Gasteiger partial charge in [-0.25, -0.2) is 28.1 Å². The van der Waals surface area contributed by atoms with Gasteiger partial charge in [-0.1, -0.05) is 13.0 Å². The summed E-state index contributed by atoms with van der Waals surface area (Å²) in [5.41, 5.74) is 0.180. The van der Waals surface area contributed by atoms with Crippen LogP contribution < -0.4 is 5.32 Å². The van der Waals surface area contributed by atoms with Gasteiger partial charge in [0.1, 0.15) is 28.5 Å². The average Bonchev–Trinajstić information content (AvgIpc) is 2.90. The summed E-state index contributed by atoms with van der Waals surface area (Å²) in [5, 5.41) is 3.26. The maximum atomic E-state index is 15.1. The topological polar surface area (TPSA) is 70.1 Å². The molecule has 1 saturated heterocycles. The van der Waals surface area contributed by atoms with Gasteiger partial charge in [0.2, 0.25) is 5.95 Å². The van der Waals surface area contributed by atoms with Crippen molar-refractivity contribution in [3.05, 3.63) is 71.2 Å². The van der Waals surface area contributed by atoms with E-state index in [1.54, 1.807) is 19.2 Å². The van der Waals surface area contributed by atoms with E-state index in [1.165, 1.54) is 19.9 Å². The lowest BCUT2D eigenvalue weighted by molar-refractivity contribution is 0.132. The Labute approximate surface area is 226 Å². The van der Waals surface area contributed by atoms with Crippen LogP contribution in [0.5, 0.6) is 0 Å². The summed E-state index contributed by atoms with van der Waals surface area (Å²) < 4.78 is 45.0. The van der Waals surface area contributed by atoms with Crippen molar-refractivity contribution in [2.75, 3.05) is 38.0 Å². The van der Waals surface area contributed by atoms with Crippen LogP contribution in [0.1, 0.15) is 37.6 Å². The van der Waals surface area contributed by atoms with E-state index in [0.717, 1.165) is 57.1 Å². The molecule has 0 bridgehead atoms. The first-order valence-corrected chi connectivity index (χ1v) is 13.1. The highest BCUT2D eigenvalue weighted by Crippen LogP contribution is 2.35.